The Labute approximate surface area is 95.8 Å². The second kappa shape index (κ2) is 6.98. The van der Waals surface area contributed by atoms with Crippen molar-refractivity contribution in [3.8, 4) is 0 Å². The van der Waals surface area contributed by atoms with Gasteiger partial charge in [0, 0.05) is 19.2 Å². The summed E-state index contributed by atoms with van der Waals surface area (Å²) in [5.41, 5.74) is 7.22. The van der Waals surface area contributed by atoms with Crippen molar-refractivity contribution >= 4 is 5.91 Å². The fourth-order valence-corrected chi connectivity index (χ4v) is 1.40. The minimum atomic E-state index is -0.0732. The molecule has 0 unspecified atom stereocenters. The summed E-state index contributed by atoms with van der Waals surface area (Å²) >= 11 is 0. The molecule has 0 heterocycles. The van der Waals surface area contributed by atoms with Crippen molar-refractivity contribution in [2.45, 2.75) is 6.42 Å². The van der Waals surface area contributed by atoms with E-state index in [1.54, 1.807) is 13.2 Å². The van der Waals surface area contributed by atoms with E-state index in [1.807, 2.05) is 18.2 Å². The Hall–Kier alpha value is -1.39. The van der Waals surface area contributed by atoms with Crippen LogP contribution >= 0.6 is 0 Å². The van der Waals surface area contributed by atoms with Crippen LogP contribution in [0.15, 0.2) is 24.3 Å². The molecule has 0 aliphatic carbocycles. The summed E-state index contributed by atoms with van der Waals surface area (Å²) in [7, 11) is 1.61. The van der Waals surface area contributed by atoms with E-state index in [-0.39, 0.29) is 5.91 Å². The smallest absolute Gasteiger partial charge is 0.251 e. The van der Waals surface area contributed by atoms with Gasteiger partial charge in [-0.15, -0.1) is 0 Å². The van der Waals surface area contributed by atoms with Crippen LogP contribution in [0.3, 0.4) is 0 Å². The van der Waals surface area contributed by atoms with Crippen molar-refractivity contribution in [1.82, 2.24) is 5.32 Å². The lowest BCUT2D eigenvalue weighted by Gasteiger charge is -2.06. The fraction of sp³-hybridized carbons (Fsp3) is 0.417. The molecule has 0 fully saturated rings. The number of carbonyl (C=O) groups excluding carboxylic acids is 1. The van der Waals surface area contributed by atoms with Crippen molar-refractivity contribution in [3.63, 3.8) is 0 Å². The van der Waals surface area contributed by atoms with Crippen LogP contribution in [0.4, 0.5) is 0 Å². The molecule has 0 aliphatic heterocycles. The molecule has 4 nitrogen and oxygen atoms in total. The van der Waals surface area contributed by atoms with Gasteiger partial charge in [-0.25, -0.2) is 0 Å². The first-order valence-electron chi connectivity index (χ1n) is 5.34. The van der Waals surface area contributed by atoms with Crippen molar-refractivity contribution in [1.29, 1.82) is 0 Å². The van der Waals surface area contributed by atoms with E-state index in [0.717, 1.165) is 12.0 Å². The molecular weight excluding hydrogens is 204 g/mol. The SMILES string of the molecule is COCCNC(=O)c1cccc(CCN)c1. The number of nitrogens with one attached hydrogen (secondary N) is 1. The first kappa shape index (κ1) is 12.7. The largest absolute Gasteiger partial charge is 0.383 e. The van der Waals surface area contributed by atoms with E-state index in [2.05, 4.69) is 5.32 Å². The number of carbonyl (C=O) groups is 1. The molecule has 4 heteroatoms. The van der Waals surface area contributed by atoms with Crippen LogP contribution in [0.1, 0.15) is 15.9 Å². The van der Waals surface area contributed by atoms with Gasteiger partial charge in [0.15, 0.2) is 0 Å². The van der Waals surface area contributed by atoms with E-state index in [1.165, 1.54) is 0 Å². The zero-order chi connectivity index (χ0) is 11.8. The maximum absolute atomic E-state index is 11.7. The van der Waals surface area contributed by atoms with Crippen LogP contribution in [-0.2, 0) is 11.2 Å². The lowest BCUT2D eigenvalue weighted by atomic mass is 10.1. The Morgan fingerprint density at radius 2 is 2.31 bits per heavy atom. The Kier molecular flexibility index (Phi) is 5.53. The summed E-state index contributed by atoms with van der Waals surface area (Å²) in [6, 6.07) is 7.51. The summed E-state index contributed by atoms with van der Waals surface area (Å²) in [4.78, 5) is 11.7. The maximum Gasteiger partial charge on any atom is 0.251 e. The summed E-state index contributed by atoms with van der Waals surface area (Å²) in [5, 5.41) is 2.77. The van der Waals surface area contributed by atoms with Gasteiger partial charge in [0.05, 0.1) is 6.61 Å². The monoisotopic (exact) mass is 222 g/mol. The van der Waals surface area contributed by atoms with E-state index >= 15 is 0 Å². The fourth-order valence-electron chi connectivity index (χ4n) is 1.40. The van der Waals surface area contributed by atoms with E-state index in [4.69, 9.17) is 10.5 Å². The van der Waals surface area contributed by atoms with Gasteiger partial charge in [-0.3, -0.25) is 4.79 Å². The molecule has 0 radical (unpaired) electrons. The summed E-state index contributed by atoms with van der Waals surface area (Å²) in [6.45, 7) is 1.64. The highest BCUT2D eigenvalue weighted by Crippen LogP contribution is 2.05. The molecular formula is C12H18N2O2. The number of nitrogens with two attached hydrogens (primary N) is 1. The molecule has 3 N–H and O–H groups in total. The van der Waals surface area contributed by atoms with Crippen molar-refractivity contribution in [2.75, 3.05) is 26.8 Å². The number of hydrogen-bond donors (Lipinski definition) is 2. The molecule has 1 rings (SSSR count). The minimum absolute atomic E-state index is 0.0732. The van der Waals surface area contributed by atoms with Crippen molar-refractivity contribution in [2.24, 2.45) is 5.73 Å². The lowest BCUT2D eigenvalue weighted by Crippen LogP contribution is -2.27. The normalized spacial score (nSPS) is 10.1. The number of hydrogen-bond acceptors (Lipinski definition) is 3. The highest BCUT2D eigenvalue weighted by atomic mass is 16.5. The zero-order valence-electron chi connectivity index (χ0n) is 9.53. The quantitative estimate of drug-likeness (QED) is 0.691. The number of benzene rings is 1. The summed E-state index contributed by atoms with van der Waals surface area (Å²) in [6.07, 6.45) is 0.791. The standard InChI is InChI=1S/C12H18N2O2/c1-16-8-7-14-12(15)11-4-2-3-10(9-11)5-6-13/h2-4,9H,5-8,13H2,1H3,(H,14,15). The van der Waals surface area contributed by atoms with Gasteiger partial charge >= 0.3 is 0 Å². The van der Waals surface area contributed by atoms with Crippen molar-refractivity contribution < 1.29 is 9.53 Å². The average Bonchev–Trinajstić information content (AvgIpc) is 2.30. The topological polar surface area (TPSA) is 64.3 Å². The van der Waals surface area contributed by atoms with E-state index in [0.29, 0.717) is 25.3 Å². The molecule has 1 amide bonds. The third-order valence-electron chi connectivity index (χ3n) is 2.21. The number of amides is 1. The van der Waals surface area contributed by atoms with Crippen LogP contribution in [-0.4, -0.2) is 32.7 Å². The van der Waals surface area contributed by atoms with Crippen LogP contribution in [0.5, 0.6) is 0 Å². The summed E-state index contributed by atoms with van der Waals surface area (Å²) in [5.74, 6) is -0.0732. The van der Waals surface area contributed by atoms with Crippen molar-refractivity contribution in [3.05, 3.63) is 35.4 Å². The van der Waals surface area contributed by atoms with Crippen LogP contribution in [0.25, 0.3) is 0 Å². The third kappa shape index (κ3) is 4.00. The van der Waals surface area contributed by atoms with Gasteiger partial charge in [0.2, 0.25) is 0 Å². The number of rotatable bonds is 6. The second-order valence-electron chi connectivity index (χ2n) is 3.49. The van der Waals surface area contributed by atoms with Gasteiger partial charge in [-0.05, 0) is 30.7 Å². The predicted octanol–water partition coefficient (Wildman–Crippen LogP) is 0.564. The van der Waals surface area contributed by atoms with Crippen LogP contribution < -0.4 is 11.1 Å². The number of ether oxygens (including phenoxy) is 1. The first-order chi connectivity index (χ1) is 7.77. The van der Waals surface area contributed by atoms with Gasteiger partial charge in [0.25, 0.3) is 5.91 Å². The molecule has 0 spiro atoms. The molecule has 16 heavy (non-hydrogen) atoms. The highest BCUT2D eigenvalue weighted by Gasteiger charge is 2.04. The van der Waals surface area contributed by atoms with E-state index in [9.17, 15) is 4.79 Å². The van der Waals surface area contributed by atoms with E-state index < -0.39 is 0 Å². The Balaban J connectivity index is 2.57. The Morgan fingerprint density at radius 1 is 1.50 bits per heavy atom. The Bertz CT molecular complexity index is 340. The van der Waals surface area contributed by atoms with Crippen LogP contribution in [0.2, 0.25) is 0 Å². The molecule has 0 atom stereocenters. The lowest BCUT2D eigenvalue weighted by molar-refractivity contribution is 0.0937. The minimum Gasteiger partial charge on any atom is -0.383 e. The molecule has 88 valence electrons. The molecule has 0 bridgehead atoms. The molecule has 0 saturated carbocycles. The number of methoxy groups -OCH3 is 1. The Morgan fingerprint density at radius 3 is 3.00 bits per heavy atom. The molecule has 1 aromatic carbocycles. The zero-order valence-corrected chi connectivity index (χ0v) is 9.53. The third-order valence-corrected chi connectivity index (χ3v) is 2.21. The van der Waals surface area contributed by atoms with Gasteiger partial charge in [-0.2, -0.15) is 0 Å². The predicted molar refractivity (Wildman–Crippen MR) is 63.4 cm³/mol. The van der Waals surface area contributed by atoms with Gasteiger partial charge < -0.3 is 15.8 Å². The molecule has 0 aliphatic rings. The molecule has 1 aromatic rings. The van der Waals surface area contributed by atoms with Crippen LogP contribution in [0, 0.1) is 0 Å². The van der Waals surface area contributed by atoms with Gasteiger partial charge in [0.1, 0.15) is 0 Å². The molecule has 0 saturated heterocycles. The average molecular weight is 222 g/mol. The maximum atomic E-state index is 11.7. The first-order valence-corrected chi connectivity index (χ1v) is 5.34. The van der Waals surface area contributed by atoms with Gasteiger partial charge in [-0.1, -0.05) is 12.1 Å². The summed E-state index contributed by atoms with van der Waals surface area (Å²) < 4.78 is 4.86. The molecule has 0 aromatic heterocycles. The second-order valence-corrected chi connectivity index (χ2v) is 3.49. The highest BCUT2D eigenvalue weighted by molar-refractivity contribution is 5.94.